The molecule has 4 aliphatic rings. The summed E-state index contributed by atoms with van der Waals surface area (Å²) in [5.41, 5.74) is -0.676. The summed E-state index contributed by atoms with van der Waals surface area (Å²) in [6.07, 6.45) is 5.85. The Balaban J connectivity index is 1.66. The molecule has 4 rings (SSSR count). The Morgan fingerprint density at radius 3 is 2.61 bits per heavy atom. The predicted octanol–water partition coefficient (Wildman–Crippen LogP) is 2.91. The lowest BCUT2D eigenvalue weighted by Crippen LogP contribution is -2.62. The highest BCUT2D eigenvalue weighted by Crippen LogP contribution is 2.67. The van der Waals surface area contributed by atoms with Crippen molar-refractivity contribution >= 4 is 17.5 Å². The van der Waals surface area contributed by atoms with Crippen LogP contribution in [0.4, 0.5) is 0 Å². The number of hydrogen-bond acceptors (Lipinski definition) is 6. The molecule has 0 bridgehead atoms. The van der Waals surface area contributed by atoms with E-state index in [-0.39, 0.29) is 35.4 Å². The second kappa shape index (κ2) is 7.38. The number of fused-ring (bicyclic) bond motifs is 5. The third kappa shape index (κ3) is 3.01. The van der Waals surface area contributed by atoms with Gasteiger partial charge in [-0.3, -0.25) is 14.4 Å². The number of hydrogen-bond donors (Lipinski definition) is 2. The fourth-order valence-electron chi connectivity index (χ4n) is 7.51. The maximum absolute atomic E-state index is 13.0. The van der Waals surface area contributed by atoms with Crippen LogP contribution in [0.2, 0.25) is 0 Å². The standard InChI is InChI=1S/C25H34O6/c1-5-21(29)31-13-20(28)25(30)9-8-18-17-7-6-15-11-16(26)10-14(2)24(15,4)22(17)19(27)12-23(18,25)3/h10-11,17-19,22,27,30H,5-9,12-13H2,1-4H3/t17-,18-,19?,22+,23-,24-,25-/m0/s1. The van der Waals surface area contributed by atoms with E-state index in [1.807, 2.05) is 13.8 Å². The minimum atomic E-state index is -1.61. The lowest BCUT2D eigenvalue weighted by atomic mass is 9.45. The Kier molecular flexibility index (Phi) is 5.33. The summed E-state index contributed by atoms with van der Waals surface area (Å²) in [6, 6.07) is 0. The molecule has 0 aromatic heterocycles. The Hall–Kier alpha value is -1.79. The summed E-state index contributed by atoms with van der Waals surface area (Å²) >= 11 is 0. The SMILES string of the molecule is CCC(=O)OCC(=O)[C@@]1(O)CC[C@H]2[C@@H]3CCC4=CC(=O)C=C(C)[C@]4(C)[C@H]3C(O)C[C@@]21C. The molecule has 0 amide bonds. The lowest BCUT2D eigenvalue weighted by molar-refractivity contribution is -0.181. The molecule has 3 fully saturated rings. The fourth-order valence-corrected chi connectivity index (χ4v) is 7.51. The quantitative estimate of drug-likeness (QED) is 0.665. The fraction of sp³-hybridized carbons (Fsp3) is 0.720. The van der Waals surface area contributed by atoms with Gasteiger partial charge in [0.15, 0.2) is 12.4 Å². The smallest absolute Gasteiger partial charge is 0.305 e. The average Bonchev–Trinajstić information content (AvgIpc) is 2.98. The molecule has 0 spiro atoms. The van der Waals surface area contributed by atoms with Gasteiger partial charge in [-0.2, -0.15) is 0 Å². The number of carbonyl (C=O) groups excluding carboxylic acids is 3. The zero-order chi connectivity index (χ0) is 22.8. The molecule has 0 radical (unpaired) electrons. The molecule has 0 aromatic rings. The molecule has 3 saturated carbocycles. The molecule has 4 aliphatic carbocycles. The largest absolute Gasteiger partial charge is 0.458 e. The minimum Gasteiger partial charge on any atom is -0.458 e. The van der Waals surface area contributed by atoms with Crippen LogP contribution in [-0.2, 0) is 19.1 Å². The van der Waals surface area contributed by atoms with Gasteiger partial charge in [-0.25, -0.2) is 0 Å². The van der Waals surface area contributed by atoms with Crippen molar-refractivity contribution in [1.82, 2.24) is 0 Å². The van der Waals surface area contributed by atoms with Crippen molar-refractivity contribution in [3.05, 3.63) is 23.3 Å². The van der Waals surface area contributed by atoms with Crippen LogP contribution < -0.4 is 0 Å². The zero-order valence-corrected chi connectivity index (χ0v) is 18.9. The topological polar surface area (TPSA) is 101 Å². The average molecular weight is 431 g/mol. The van der Waals surface area contributed by atoms with Gasteiger partial charge >= 0.3 is 5.97 Å². The summed E-state index contributed by atoms with van der Waals surface area (Å²) in [7, 11) is 0. The zero-order valence-electron chi connectivity index (χ0n) is 18.9. The number of Topliss-reactive ketones (excluding diaryl/α,β-unsaturated/α-hetero) is 1. The van der Waals surface area contributed by atoms with Crippen LogP contribution in [0.15, 0.2) is 23.3 Å². The Morgan fingerprint density at radius 2 is 1.94 bits per heavy atom. The van der Waals surface area contributed by atoms with E-state index < -0.39 is 35.5 Å². The van der Waals surface area contributed by atoms with Gasteiger partial charge in [0.2, 0.25) is 5.78 Å². The van der Waals surface area contributed by atoms with E-state index in [1.54, 1.807) is 19.1 Å². The Morgan fingerprint density at radius 1 is 1.23 bits per heavy atom. The molecule has 170 valence electrons. The van der Waals surface area contributed by atoms with Gasteiger partial charge in [0, 0.05) is 23.2 Å². The molecule has 7 atom stereocenters. The van der Waals surface area contributed by atoms with Gasteiger partial charge in [-0.05, 0) is 63.0 Å². The van der Waals surface area contributed by atoms with Gasteiger partial charge < -0.3 is 14.9 Å². The first-order valence-electron chi connectivity index (χ1n) is 11.5. The van der Waals surface area contributed by atoms with Crippen molar-refractivity contribution in [2.24, 2.45) is 28.6 Å². The summed E-state index contributed by atoms with van der Waals surface area (Å²) < 4.78 is 5.04. The first kappa shape index (κ1) is 22.4. The number of aliphatic hydroxyl groups excluding tert-OH is 1. The van der Waals surface area contributed by atoms with Gasteiger partial charge in [-0.15, -0.1) is 0 Å². The first-order valence-corrected chi connectivity index (χ1v) is 11.5. The van der Waals surface area contributed by atoms with E-state index in [1.165, 1.54) is 0 Å². The predicted molar refractivity (Wildman–Crippen MR) is 114 cm³/mol. The van der Waals surface area contributed by atoms with Crippen molar-refractivity contribution in [2.45, 2.75) is 77.9 Å². The monoisotopic (exact) mass is 430 g/mol. The van der Waals surface area contributed by atoms with E-state index in [0.29, 0.717) is 19.3 Å². The molecular formula is C25H34O6. The lowest BCUT2D eigenvalue weighted by Gasteiger charge is -2.60. The van der Waals surface area contributed by atoms with Crippen molar-refractivity contribution in [2.75, 3.05) is 6.61 Å². The van der Waals surface area contributed by atoms with E-state index >= 15 is 0 Å². The number of rotatable bonds is 4. The van der Waals surface area contributed by atoms with Crippen molar-refractivity contribution in [3.63, 3.8) is 0 Å². The highest BCUT2D eigenvalue weighted by molar-refractivity contribution is 6.02. The normalized spacial score (nSPS) is 43.9. The van der Waals surface area contributed by atoms with Crippen LogP contribution in [0.3, 0.4) is 0 Å². The number of ether oxygens (including phenoxy) is 1. The number of esters is 1. The molecule has 0 heterocycles. The maximum atomic E-state index is 13.0. The van der Waals surface area contributed by atoms with Crippen LogP contribution in [0.25, 0.3) is 0 Å². The summed E-state index contributed by atoms with van der Waals surface area (Å²) in [5.74, 6) is -0.736. The van der Waals surface area contributed by atoms with Crippen LogP contribution in [0, 0.1) is 28.6 Å². The van der Waals surface area contributed by atoms with Gasteiger partial charge in [0.25, 0.3) is 0 Å². The van der Waals surface area contributed by atoms with E-state index in [2.05, 4.69) is 6.92 Å². The second-order valence-corrected chi connectivity index (χ2v) is 10.5. The molecule has 0 saturated heterocycles. The van der Waals surface area contributed by atoms with Gasteiger partial charge in [0.05, 0.1) is 6.10 Å². The number of allylic oxidation sites excluding steroid dienone is 4. The first-order chi connectivity index (χ1) is 14.5. The van der Waals surface area contributed by atoms with Crippen molar-refractivity contribution < 1.29 is 29.3 Å². The molecule has 6 heteroatoms. The van der Waals surface area contributed by atoms with Crippen molar-refractivity contribution in [1.29, 1.82) is 0 Å². The minimum absolute atomic E-state index is 0.0148. The summed E-state index contributed by atoms with van der Waals surface area (Å²) in [6.45, 7) is 7.27. The highest BCUT2D eigenvalue weighted by atomic mass is 16.5. The van der Waals surface area contributed by atoms with E-state index in [9.17, 15) is 24.6 Å². The second-order valence-electron chi connectivity index (χ2n) is 10.5. The Labute approximate surface area is 183 Å². The molecule has 31 heavy (non-hydrogen) atoms. The van der Waals surface area contributed by atoms with Crippen LogP contribution >= 0.6 is 0 Å². The third-order valence-corrected chi connectivity index (χ3v) is 9.30. The van der Waals surface area contributed by atoms with Crippen LogP contribution in [0.1, 0.15) is 66.2 Å². The molecule has 2 N–H and O–H groups in total. The number of ketones is 2. The third-order valence-electron chi connectivity index (χ3n) is 9.30. The van der Waals surface area contributed by atoms with Gasteiger partial charge in [0.1, 0.15) is 5.60 Å². The maximum Gasteiger partial charge on any atom is 0.305 e. The summed E-state index contributed by atoms with van der Waals surface area (Å²) in [4.78, 5) is 36.7. The van der Waals surface area contributed by atoms with Crippen LogP contribution in [0.5, 0.6) is 0 Å². The van der Waals surface area contributed by atoms with Crippen LogP contribution in [-0.4, -0.2) is 46.1 Å². The van der Waals surface area contributed by atoms with E-state index in [4.69, 9.17) is 4.74 Å². The van der Waals surface area contributed by atoms with Crippen molar-refractivity contribution in [3.8, 4) is 0 Å². The molecule has 6 nitrogen and oxygen atoms in total. The molecule has 0 aliphatic heterocycles. The molecule has 0 aromatic carbocycles. The van der Waals surface area contributed by atoms with Gasteiger partial charge in [-0.1, -0.05) is 31.9 Å². The van der Waals surface area contributed by atoms with E-state index in [0.717, 1.165) is 24.0 Å². The molecule has 1 unspecified atom stereocenters. The molecular weight excluding hydrogens is 396 g/mol. The summed E-state index contributed by atoms with van der Waals surface area (Å²) in [5, 5.41) is 23.0. The number of aliphatic hydroxyl groups is 2. The number of carbonyl (C=O) groups is 3. The Bertz CT molecular complexity index is 886. The highest BCUT2D eigenvalue weighted by Gasteiger charge is 2.68.